The molecule has 102 valence electrons. The number of aliphatic hydroxyl groups is 1. The Morgan fingerprint density at radius 3 is 2.67 bits per heavy atom. The van der Waals surface area contributed by atoms with Crippen molar-refractivity contribution >= 4 is 0 Å². The van der Waals surface area contributed by atoms with Crippen molar-refractivity contribution < 1.29 is 14.6 Å². The average Bonchev–Trinajstić information content (AvgIpc) is 2.39. The molecule has 2 N–H and O–H groups in total. The van der Waals surface area contributed by atoms with Gasteiger partial charge >= 0.3 is 0 Å². The smallest absolute Gasteiger partial charge is 0.161 e. The molecule has 1 rings (SSSR count). The van der Waals surface area contributed by atoms with E-state index in [1.165, 1.54) is 5.56 Å². The first kappa shape index (κ1) is 14.8. The Morgan fingerprint density at radius 1 is 1.17 bits per heavy atom. The minimum atomic E-state index is 0.141. The third kappa shape index (κ3) is 4.94. The van der Waals surface area contributed by atoms with Crippen molar-refractivity contribution in [2.45, 2.75) is 26.8 Å². The Bertz CT molecular complexity index is 342. The van der Waals surface area contributed by atoms with Gasteiger partial charge in [-0.2, -0.15) is 0 Å². The first-order valence-corrected chi connectivity index (χ1v) is 6.51. The van der Waals surface area contributed by atoms with Gasteiger partial charge < -0.3 is 19.9 Å². The Hall–Kier alpha value is -1.26. The topological polar surface area (TPSA) is 50.7 Å². The summed E-state index contributed by atoms with van der Waals surface area (Å²) in [6, 6.07) is 5.95. The normalized spacial score (nSPS) is 10.4. The van der Waals surface area contributed by atoms with E-state index >= 15 is 0 Å². The molecule has 0 heterocycles. The molecule has 1 aromatic rings. The van der Waals surface area contributed by atoms with Gasteiger partial charge in [0.05, 0.1) is 13.2 Å². The molecule has 0 bridgehead atoms. The fourth-order valence-corrected chi connectivity index (χ4v) is 1.57. The highest BCUT2D eigenvalue weighted by atomic mass is 16.5. The van der Waals surface area contributed by atoms with Gasteiger partial charge in [-0.3, -0.25) is 0 Å². The van der Waals surface area contributed by atoms with E-state index in [0.29, 0.717) is 19.6 Å². The van der Waals surface area contributed by atoms with Crippen LogP contribution in [-0.4, -0.2) is 31.5 Å². The van der Waals surface area contributed by atoms with Crippen LogP contribution in [0.5, 0.6) is 11.5 Å². The number of hydrogen-bond acceptors (Lipinski definition) is 4. The fourth-order valence-electron chi connectivity index (χ4n) is 1.57. The van der Waals surface area contributed by atoms with Crippen LogP contribution in [0.2, 0.25) is 0 Å². The second kappa shape index (κ2) is 8.78. The summed E-state index contributed by atoms with van der Waals surface area (Å²) in [7, 11) is 0. The molecule has 18 heavy (non-hydrogen) atoms. The maximum atomic E-state index is 8.74. The molecule has 0 aliphatic carbocycles. The van der Waals surface area contributed by atoms with Crippen LogP contribution in [0.25, 0.3) is 0 Å². The molecule has 0 radical (unpaired) electrons. The summed E-state index contributed by atoms with van der Waals surface area (Å²) in [6.07, 6.45) is 0.630. The molecule has 0 aliphatic heterocycles. The molecule has 4 heteroatoms. The molecular formula is C14H23NO3. The third-order valence-electron chi connectivity index (χ3n) is 2.45. The molecule has 0 aromatic heterocycles. The predicted molar refractivity (Wildman–Crippen MR) is 72.2 cm³/mol. The minimum absolute atomic E-state index is 0.141. The van der Waals surface area contributed by atoms with E-state index in [-0.39, 0.29) is 6.61 Å². The summed E-state index contributed by atoms with van der Waals surface area (Å²) in [5.74, 6) is 1.51. The van der Waals surface area contributed by atoms with E-state index in [2.05, 4.69) is 12.2 Å². The first-order valence-electron chi connectivity index (χ1n) is 6.51. The maximum Gasteiger partial charge on any atom is 0.161 e. The molecule has 0 aliphatic rings. The Balaban J connectivity index is 2.69. The van der Waals surface area contributed by atoms with E-state index in [0.717, 1.165) is 24.6 Å². The number of hydrogen-bond donors (Lipinski definition) is 2. The van der Waals surface area contributed by atoms with Crippen LogP contribution in [-0.2, 0) is 6.54 Å². The lowest BCUT2D eigenvalue weighted by Crippen LogP contribution is -2.12. The van der Waals surface area contributed by atoms with Crippen LogP contribution >= 0.6 is 0 Å². The van der Waals surface area contributed by atoms with Crippen LogP contribution in [0.3, 0.4) is 0 Å². The molecule has 0 atom stereocenters. The summed E-state index contributed by atoms with van der Waals surface area (Å²) >= 11 is 0. The zero-order valence-electron chi connectivity index (χ0n) is 11.2. The highest BCUT2D eigenvalue weighted by Crippen LogP contribution is 2.28. The Labute approximate surface area is 109 Å². The van der Waals surface area contributed by atoms with E-state index in [1.54, 1.807) is 0 Å². The van der Waals surface area contributed by atoms with Crippen LogP contribution in [0, 0.1) is 0 Å². The molecular weight excluding hydrogens is 230 g/mol. The van der Waals surface area contributed by atoms with E-state index in [9.17, 15) is 0 Å². The SMILES string of the molecule is CCNCc1ccc(OCCCO)c(OCC)c1. The van der Waals surface area contributed by atoms with E-state index in [1.807, 2.05) is 25.1 Å². The monoisotopic (exact) mass is 253 g/mol. The summed E-state index contributed by atoms with van der Waals surface area (Å²) in [6.45, 7) is 7.06. The number of nitrogens with one attached hydrogen (secondary N) is 1. The Kier molecular flexibility index (Phi) is 7.22. The Morgan fingerprint density at radius 2 is 2.00 bits per heavy atom. The molecule has 0 unspecified atom stereocenters. The van der Waals surface area contributed by atoms with Crippen molar-refractivity contribution in [3.8, 4) is 11.5 Å². The lowest BCUT2D eigenvalue weighted by Gasteiger charge is -2.13. The average molecular weight is 253 g/mol. The van der Waals surface area contributed by atoms with Crippen molar-refractivity contribution in [2.24, 2.45) is 0 Å². The first-order chi connectivity index (χ1) is 8.81. The highest BCUT2D eigenvalue weighted by Gasteiger charge is 2.06. The van der Waals surface area contributed by atoms with Crippen molar-refractivity contribution in [1.29, 1.82) is 0 Å². The van der Waals surface area contributed by atoms with Crippen molar-refractivity contribution in [2.75, 3.05) is 26.4 Å². The second-order valence-electron chi connectivity index (χ2n) is 3.92. The number of rotatable bonds is 9. The van der Waals surface area contributed by atoms with Crippen LogP contribution < -0.4 is 14.8 Å². The minimum Gasteiger partial charge on any atom is -0.490 e. The number of ether oxygens (including phenoxy) is 2. The summed E-state index contributed by atoms with van der Waals surface area (Å²) in [4.78, 5) is 0. The van der Waals surface area contributed by atoms with Crippen molar-refractivity contribution in [3.05, 3.63) is 23.8 Å². The van der Waals surface area contributed by atoms with Gasteiger partial charge in [-0.25, -0.2) is 0 Å². The molecule has 0 amide bonds. The van der Waals surface area contributed by atoms with Gasteiger partial charge in [-0.1, -0.05) is 13.0 Å². The predicted octanol–water partition coefficient (Wildman–Crippen LogP) is 1.96. The molecule has 0 spiro atoms. The van der Waals surface area contributed by atoms with Crippen LogP contribution in [0.1, 0.15) is 25.8 Å². The van der Waals surface area contributed by atoms with Crippen LogP contribution in [0.4, 0.5) is 0 Å². The van der Waals surface area contributed by atoms with Gasteiger partial charge in [-0.15, -0.1) is 0 Å². The van der Waals surface area contributed by atoms with Crippen molar-refractivity contribution in [1.82, 2.24) is 5.32 Å². The van der Waals surface area contributed by atoms with Gasteiger partial charge in [0.2, 0.25) is 0 Å². The van der Waals surface area contributed by atoms with E-state index < -0.39 is 0 Å². The summed E-state index contributed by atoms with van der Waals surface area (Å²) in [5, 5.41) is 12.0. The van der Waals surface area contributed by atoms with E-state index in [4.69, 9.17) is 14.6 Å². The van der Waals surface area contributed by atoms with Crippen molar-refractivity contribution in [3.63, 3.8) is 0 Å². The van der Waals surface area contributed by atoms with Gasteiger partial charge in [0, 0.05) is 19.6 Å². The number of aliphatic hydroxyl groups excluding tert-OH is 1. The summed E-state index contributed by atoms with van der Waals surface area (Å²) in [5.41, 5.74) is 1.18. The number of benzene rings is 1. The van der Waals surface area contributed by atoms with Gasteiger partial charge in [-0.05, 0) is 31.2 Å². The molecule has 4 nitrogen and oxygen atoms in total. The molecule has 0 saturated heterocycles. The third-order valence-corrected chi connectivity index (χ3v) is 2.45. The van der Waals surface area contributed by atoms with Gasteiger partial charge in [0.25, 0.3) is 0 Å². The zero-order valence-corrected chi connectivity index (χ0v) is 11.2. The zero-order chi connectivity index (χ0) is 13.2. The maximum absolute atomic E-state index is 8.74. The molecule has 1 aromatic carbocycles. The fraction of sp³-hybridized carbons (Fsp3) is 0.571. The second-order valence-corrected chi connectivity index (χ2v) is 3.92. The lowest BCUT2D eigenvalue weighted by molar-refractivity contribution is 0.225. The molecule has 0 saturated carbocycles. The van der Waals surface area contributed by atoms with Gasteiger partial charge in [0.15, 0.2) is 11.5 Å². The molecule has 0 fully saturated rings. The standard InChI is InChI=1S/C14H23NO3/c1-3-15-11-12-6-7-13(18-9-5-8-16)14(10-12)17-4-2/h6-7,10,15-16H,3-5,8-9,11H2,1-2H3. The summed E-state index contributed by atoms with van der Waals surface area (Å²) < 4.78 is 11.2. The van der Waals surface area contributed by atoms with Gasteiger partial charge in [0.1, 0.15) is 0 Å². The quantitative estimate of drug-likeness (QED) is 0.661. The lowest BCUT2D eigenvalue weighted by atomic mass is 10.2. The largest absolute Gasteiger partial charge is 0.490 e. The van der Waals surface area contributed by atoms with Crippen LogP contribution in [0.15, 0.2) is 18.2 Å². The highest BCUT2D eigenvalue weighted by molar-refractivity contribution is 5.43.